The fourth-order valence-electron chi connectivity index (χ4n) is 4.02. The topological polar surface area (TPSA) is 29.5 Å². The van der Waals surface area contributed by atoms with Gasteiger partial charge in [-0.15, -0.1) is 0 Å². The molecule has 1 fully saturated rings. The van der Waals surface area contributed by atoms with E-state index < -0.39 is 0 Å². The zero-order chi connectivity index (χ0) is 15.4. The fraction of sp³-hybridized carbons (Fsp3) is 0.526. The van der Waals surface area contributed by atoms with Crippen molar-refractivity contribution in [2.75, 3.05) is 20.2 Å². The molecule has 0 saturated carbocycles. The van der Waals surface area contributed by atoms with Crippen LogP contribution in [0.2, 0.25) is 0 Å². The molecule has 1 aliphatic carbocycles. The van der Waals surface area contributed by atoms with Crippen LogP contribution in [-0.2, 0) is 9.53 Å². The molecule has 0 unspecified atom stereocenters. The number of allylic oxidation sites excluding steroid dienone is 2. The van der Waals surface area contributed by atoms with E-state index in [0.717, 1.165) is 31.5 Å². The molecule has 0 N–H and O–H groups in total. The third-order valence-electron chi connectivity index (χ3n) is 5.15. The van der Waals surface area contributed by atoms with Crippen LogP contribution in [0.4, 0.5) is 0 Å². The fourth-order valence-corrected chi connectivity index (χ4v) is 4.02. The third-order valence-corrected chi connectivity index (χ3v) is 5.15. The Kier molecular flexibility index (Phi) is 4.63. The highest BCUT2D eigenvalue weighted by molar-refractivity contribution is 5.77. The molecule has 1 saturated heterocycles. The summed E-state index contributed by atoms with van der Waals surface area (Å²) in [5, 5.41) is 0. The molecule has 1 spiro atoms. The van der Waals surface area contributed by atoms with Gasteiger partial charge in [0.05, 0.1) is 7.11 Å². The maximum atomic E-state index is 12.4. The highest BCUT2D eigenvalue weighted by Gasteiger charge is 2.40. The third kappa shape index (κ3) is 3.09. The number of carbonyl (C=O) groups is 1. The highest BCUT2D eigenvalue weighted by Crippen LogP contribution is 2.43. The van der Waals surface area contributed by atoms with Crippen molar-refractivity contribution in [3.8, 4) is 0 Å². The number of carbonyl (C=O) groups excluding carboxylic acids is 1. The van der Waals surface area contributed by atoms with E-state index >= 15 is 0 Å². The Bertz CT molecular complexity index is 540. The molecule has 0 aromatic heterocycles. The summed E-state index contributed by atoms with van der Waals surface area (Å²) in [6.45, 7) is 1.96. The largest absolute Gasteiger partial charge is 0.468 e. The summed E-state index contributed by atoms with van der Waals surface area (Å²) < 4.78 is 5.10. The van der Waals surface area contributed by atoms with Crippen molar-refractivity contribution in [1.82, 2.24) is 4.90 Å². The van der Waals surface area contributed by atoms with Crippen LogP contribution in [0.25, 0.3) is 0 Å². The molecule has 3 rings (SSSR count). The van der Waals surface area contributed by atoms with Gasteiger partial charge in [-0.3, -0.25) is 4.90 Å². The number of hydrogen-bond donors (Lipinski definition) is 0. The zero-order valence-electron chi connectivity index (χ0n) is 13.3. The van der Waals surface area contributed by atoms with E-state index in [-0.39, 0.29) is 12.0 Å². The molecule has 3 nitrogen and oxygen atoms in total. The molecule has 118 valence electrons. The first-order valence-corrected chi connectivity index (χ1v) is 8.26. The summed E-state index contributed by atoms with van der Waals surface area (Å²) in [5.74, 6) is -0.144. The van der Waals surface area contributed by atoms with Crippen molar-refractivity contribution in [2.45, 2.75) is 38.1 Å². The maximum Gasteiger partial charge on any atom is 0.327 e. The van der Waals surface area contributed by atoms with E-state index in [9.17, 15) is 4.79 Å². The number of rotatable bonds is 3. The van der Waals surface area contributed by atoms with Gasteiger partial charge in [0.2, 0.25) is 0 Å². The van der Waals surface area contributed by atoms with Crippen molar-refractivity contribution >= 4 is 5.97 Å². The predicted molar refractivity (Wildman–Crippen MR) is 87.4 cm³/mol. The average molecular weight is 299 g/mol. The summed E-state index contributed by atoms with van der Waals surface area (Å²) >= 11 is 0. The number of methoxy groups -OCH3 is 1. The van der Waals surface area contributed by atoms with Crippen LogP contribution in [0.5, 0.6) is 0 Å². The number of ether oxygens (including phenoxy) is 1. The standard InChI is InChI=1S/C19H25NO2/c1-22-18(21)17(16-9-4-2-5-10-16)20-14-8-13-19(15-20)11-6-3-7-12-19/h2-6,9-10,17H,7-8,11-15H2,1H3/t17-,19-/m0/s1. The minimum atomic E-state index is -0.269. The SMILES string of the molecule is COC(=O)[C@H](c1ccccc1)N1CCC[C@@]2(CC=CCC2)C1. The molecule has 2 aliphatic rings. The molecular formula is C19H25NO2. The van der Waals surface area contributed by atoms with Crippen LogP contribution in [0.3, 0.4) is 0 Å². The van der Waals surface area contributed by atoms with Crippen LogP contribution >= 0.6 is 0 Å². The molecule has 0 bridgehead atoms. The molecular weight excluding hydrogens is 274 g/mol. The van der Waals surface area contributed by atoms with E-state index in [0.29, 0.717) is 5.41 Å². The van der Waals surface area contributed by atoms with Gasteiger partial charge in [-0.05, 0) is 49.6 Å². The lowest BCUT2D eigenvalue weighted by Gasteiger charge is -2.46. The van der Waals surface area contributed by atoms with Crippen LogP contribution in [0.15, 0.2) is 42.5 Å². The van der Waals surface area contributed by atoms with Crippen molar-refractivity contribution in [2.24, 2.45) is 5.41 Å². The Morgan fingerprint density at radius 3 is 2.73 bits per heavy atom. The number of piperidine rings is 1. The van der Waals surface area contributed by atoms with Gasteiger partial charge in [-0.1, -0.05) is 42.5 Å². The monoisotopic (exact) mass is 299 g/mol. The number of likely N-dealkylation sites (tertiary alicyclic amines) is 1. The first kappa shape index (κ1) is 15.3. The molecule has 1 aromatic carbocycles. The van der Waals surface area contributed by atoms with Crippen LogP contribution in [0.1, 0.15) is 43.7 Å². The second-order valence-electron chi connectivity index (χ2n) is 6.62. The van der Waals surface area contributed by atoms with E-state index in [2.05, 4.69) is 17.1 Å². The second-order valence-corrected chi connectivity index (χ2v) is 6.62. The highest BCUT2D eigenvalue weighted by atomic mass is 16.5. The number of esters is 1. The summed E-state index contributed by atoms with van der Waals surface area (Å²) in [5.41, 5.74) is 1.39. The van der Waals surface area contributed by atoms with Gasteiger partial charge in [0, 0.05) is 6.54 Å². The van der Waals surface area contributed by atoms with E-state index in [1.165, 1.54) is 26.4 Å². The smallest absolute Gasteiger partial charge is 0.327 e. The Morgan fingerprint density at radius 1 is 1.23 bits per heavy atom. The van der Waals surface area contributed by atoms with Gasteiger partial charge >= 0.3 is 5.97 Å². The molecule has 3 heteroatoms. The molecule has 0 radical (unpaired) electrons. The zero-order valence-corrected chi connectivity index (χ0v) is 13.3. The molecule has 0 amide bonds. The average Bonchev–Trinajstić information content (AvgIpc) is 2.57. The van der Waals surface area contributed by atoms with Gasteiger partial charge in [0.1, 0.15) is 6.04 Å². The van der Waals surface area contributed by atoms with Gasteiger partial charge in [0.25, 0.3) is 0 Å². The summed E-state index contributed by atoms with van der Waals surface area (Å²) in [6.07, 6.45) is 10.6. The van der Waals surface area contributed by atoms with E-state index in [1.807, 2.05) is 30.3 Å². The minimum Gasteiger partial charge on any atom is -0.468 e. The van der Waals surface area contributed by atoms with Crippen molar-refractivity contribution in [3.05, 3.63) is 48.0 Å². The maximum absolute atomic E-state index is 12.4. The first-order valence-electron chi connectivity index (χ1n) is 8.26. The predicted octanol–water partition coefficient (Wildman–Crippen LogP) is 3.72. The lowest BCUT2D eigenvalue weighted by atomic mass is 9.71. The Balaban J connectivity index is 1.84. The Hall–Kier alpha value is -1.61. The van der Waals surface area contributed by atoms with Gasteiger partial charge in [-0.25, -0.2) is 4.79 Å². The second kappa shape index (κ2) is 6.66. The minimum absolute atomic E-state index is 0.144. The Labute approximate surface area is 133 Å². The summed E-state index contributed by atoms with van der Waals surface area (Å²) in [4.78, 5) is 14.7. The normalized spacial score (nSPS) is 26.8. The molecule has 22 heavy (non-hydrogen) atoms. The number of hydrogen-bond acceptors (Lipinski definition) is 3. The quantitative estimate of drug-likeness (QED) is 0.629. The summed E-state index contributed by atoms with van der Waals surface area (Å²) in [7, 11) is 1.49. The van der Waals surface area contributed by atoms with Crippen LogP contribution < -0.4 is 0 Å². The van der Waals surface area contributed by atoms with Crippen molar-refractivity contribution < 1.29 is 9.53 Å². The summed E-state index contributed by atoms with van der Waals surface area (Å²) in [6, 6.07) is 9.77. The number of benzene rings is 1. The molecule has 2 atom stereocenters. The van der Waals surface area contributed by atoms with Gasteiger partial charge in [0.15, 0.2) is 0 Å². The molecule has 1 heterocycles. The van der Waals surface area contributed by atoms with Crippen LogP contribution in [-0.4, -0.2) is 31.1 Å². The first-order chi connectivity index (χ1) is 10.7. The van der Waals surface area contributed by atoms with E-state index in [4.69, 9.17) is 4.74 Å². The molecule has 1 aromatic rings. The Morgan fingerprint density at radius 2 is 2.05 bits per heavy atom. The van der Waals surface area contributed by atoms with Crippen LogP contribution in [0, 0.1) is 5.41 Å². The van der Waals surface area contributed by atoms with Crippen molar-refractivity contribution in [3.63, 3.8) is 0 Å². The lowest BCUT2D eigenvalue weighted by molar-refractivity contribution is -0.149. The van der Waals surface area contributed by atoms with Gasteiger partial charge < -0.3 is 4.74 Å². The molecule has 1 aliphatic heterocycles. The lowest BCUT2D eigenvalue weighted by Crippen LogP contribution is -2.47. The van der Waals surface area contributed by atoms with Gasteiger partial charge in [-0.2, -0.15) is 0 Å². The van der Waals surface area contributed by atoms with E-state index in [1.54, 1.807) is 0 Å². The number of nitrogens with zero attached hydrogens (tertiary/aromatic N) is 1. The van der Waals surface area contributed by atoms with Crippen molar-refractivity contribution in [1.29, 1.82) is 0 Å².